The van der Waals surface area contributed by atoms with Crippen LogP contribution in [0.1, 0.15) is 55.0 Å². The van der Waals surface area contributed by atoms with Gasteiger partial charge in [0, 0.05) is 12.0 Å². The van der Waals surface area contributed by atoms with Crippen molar-refractivity contribution in [3.05, 3.63) is 88.5 Å². The summed E-state index contributed by atoms with van der Waals surface area (Å²) in [7, 11) is 0. The maximum atomic E-state index is 13.4. The first kappa shape index (κ1) is 23.5. The molecule has 182 valence electrons. The molecule has 1 spiro atoms. The largest absolute Gasteiger partial charge is 0.376 e. The van der Waals surface area contributed by atoms with Crippen LogP contribution in [-0.4, -0.2) is 33.0 Å². The summed E-state index contributed by atoms with van der Waals surface area (Å²) in [5.74, 6) is -1.01. The van der Waals surface area contributed by atoms with Crippen LogP contribution in [0.2, 0.25) is 0 Å². The van der Waals surface area contributed by atoms with Gasteiger partial charge in [-0.2, -0.15) is 5.10 Å². The molecule has 2 atom stereocenters. The number of nitrogens with two attached hydrogens (primary N) is 1. The van der Waals surface area contributed by atoms with Crippen LogP contribution in [-0.2, 0) is 28.0 Å². The predicted octanol–water partition coefficient (Wildman–Crippen LogP) is 4.22. The van der Waals surface area contributed by atoms with Gasteiger partial charge in [-0.15, -0.1) is 0 Å². The summed E-state index contributed by atoms with van der Waals surface area (Å²) >= 11 is 0. The number of unbranched alkanes of at least 4 members (excludes halogenated alkanes) is 2. The fraction of sp³-hybridized carbons (Fsp3) is 0.357. The van der Waals surface area contributed by atoms with Crippen molar-refractivity contribution in [2.24, 2.45) is 5.73 Å². The summed E-state index contributed by atoms with van der Waals surface area (Å²) in [4.78, 5) is 11.7. The normalized spacial score (nSPS) is 20.3. The monoisotopic (exact) mass is 475 g/mol. The lowest BCUT2D eigenvalue weighted by Gasteiger charge is -2.23. The number of rotatable bonds is 9. The van der Waals surface area contributed by atoms with E-state index in [0.717, 1.165) is 67.6 Å². The third kappa shape index (κ3) is 4.54. The standard InChI is InChI=1S/C28H30FN3O3/c1-27(34,26(30)33)24-10-6-5-8-19(24)7-3-2-4-9-21-15-25-20(16-28(21)18-35-28)17-31-32(25)23-13-11-22(29)12-14-23/h5-6,8,10-15,17,34H,2-4,7,9,16,18H2,1H3,(H2,30,33). The van der Waals surface area contributed by atoms with Crippen LogP contribution >= 0.6 is 0 Å². The Balaban J connectivity index is 1.24. The van der Waals surface area contributed by atoms with E-state index in [1.54, 1.807) is 18.2 Å². The SMILES string of the molecule is CC(O)(C(N)=O)c1ccccc1CCCCCC1=Cc2c(cnn2-c2ccc(F)cc2)CC12CO2. The number of nitrogens with zero attached hydrogens (tertiary/aromatic N) is 2. The van der Waals surface area contributed by atoms with Gasteiger partial charge in [0.25, 0.3) is 5.91 Å². The number of amides is 1. The Hall–Kier alpha value is -3.29. The van der Waals surface area contributed by atoms with Crippen LogP contribution in [0.3, 0.4) is 0 Å². The lowest BCUT2D eigenvalue weighted by molar-refractivity contribution is -0.135. The molecule has 1 fully saturated rings. The zero-order chi connectivity index (χ0) is 24.6. The van der Waals surface area contributed by atoms with Crippen molar-refractivity contribution < 1.29 is 19.0 Å². The third-order valence-corrected chi connectivity index (χ3v) is 7.24. The van der Waals surface area contributed by atoms with E-state index in [1.165, 1.54) is 24.6 Å². The first-order valence-electron chi connectivity index (χ1n) is 12.1. The molecule has 3 N–H and O–H groups in total. The van der Waals surface area contributed by atoms with Gasteiger partial charge in [-0.3, -0.25) is 4.79 Å². The van der Waals surface area contributed by atoms with E-state index < -0.39 is 11.5 Å². The molecule has 1 aromatic heterocycles. The first-order valence-corrected chi connectivity index (χ1v) is 12.1. The van der Waals surface area contributed by atoms with Crippen LogP contribution in [0.4, 0.5) is 4.39 Å². The van der Waals surface area contributed by atoms with E-state index in [4.69, 9.17) is 10.5 Å². The topological polar surface area (TPSA) is 93.7 Å². The Morgan fingerprint density at radius 1 is 1.17 bits per heavy atom. The number of benzene rings is 2. The van der Waals surface area contributed by atoms with Gasteiger partial charge in [-0.25, -0.2) is 9.07 Å². The highest BCUT2D eigenvalue weighted by molar-refractivity contribution is 5.84. The Morgan fingerprint density at radius 2 is 1.89 bits per heavy atom. The van der Waals surface area contributed by atoms with Gasteiger partial charge in [0.2, 0.25) is 0 Å². The Labute approximate surface area is 204 Å². The van der Waals surface area contributed by atoms with Gasteiger partial charge in [-0.05, 0) is 79.6 Å². The average molecular weight is 476 g/mol. The fourth-order valence-corrected chi connectivity index (χ4v) is 5.02. The number of fused-ring (bicyclic) bond motifs is 1. The van der Waals surface area contributed by atoms with Crippen molar-refractivity contribution in [3.8, 4) is 5.69 Å². The van der Waals surface area contributed by atoms with E-state index >= 15 is 0 Å². The Bertz CT molecular complexity index is 1270. The highest BCUT2D eigenvalue weighted by atomic mass is 19.1. The minimum atomic E-state index is -1.68. The zero-order valence-corrected chi connectivity index (χ0v) is 19.8. The number of aromatic nitrogens is 2. The highest BCUT2D eigenvalue weighted by Crippen LogP contribution is 2.46. The molecule has 1 aliphatic carbocycles. The second-order valence-electron chi connectivity index (χ2n) is 9.73. The Morgan fingerprint density at radius 3 is 2.60 bits per heavy atom. The van der Waals surface area contributed by atoms with Crippen molar-refractivity contribution in [1.82, 2.24) is 9.78 Å². The van der Waals surface area contributed by atoms with Crippen molar-refractivity contribution in [2.75, 3.05) is 6.61 Å². The van der Waals surface area contributed by atoms with Crippen LogP contribution in [0.5, 0.6) is 0 Å². The number of carbonyl (C=O) groups excluding carboxylic acids is 1. The molecule has 0 radical (unpaired) electrons. The van der Waals surface area contributed by atoms with Gasteiger partial charge >= 0.3 is 0 Å². The molecule has 2 aliphatic rings. The summed E-state index contributed by atoms with van der Waals surface area (Å²) < 4.78 is 21.2. The van der Waals surface area contributed by atoms with Crippen molar-refractivity contribution in [1.29, 1.82) is 0 Å². The number of hydrogen-bond donors (Lipinski definition) is 2. The molecule has 1 saturated heterocycles. The van der Waals surface area contributed by atoms with E-state index in [0.29, 0.717) is 5.56 Å². The van der Waals surface area contributed by atoms with E-state index in [-0.39, 0.29) is 11.4 Å². The van der Waals surface area contributed by atoms with Gasteiger partial charge in [0.15, 0.2) is 5.60 Å². The number of carbonyl (C=O) groups is 1. The highest BCUT2D eigenvalue weighted by Gasteiger charge is 2.50. The summed E-state index contributed by atoms with van der Waals surface area (Å²) in [6.45, 7) is 2.18. The maximum Gasteiger partial charge on any atom is 0.253 e. The average Bonchev–Trinajstić information content (AvgIpc) is 3.50. The molecule has 2 aromatic carbocycles. The van der Waals surface area contributed by atoms with Gasteiger partial charge in [0.1, 0.15) is 11.4 Å². The molecule has 7 heteroatoms. The molecule has 35 heavy (non-hydrogen) atoms. The maximum absolute atomic E-state index is 13.4. The molecule has 2 heterocycles. The van der Waals surface area contributed by atoms with Crippen molar-refractivity contribution >= 4 is 12.0 Å². The second kappa shape index (κ2) is 9.06. The lowest BCUT2D eigenvalue weighted by atomic mass is 9.83. The summed E-state index contributed by atoms with van der Waals surface area (Å²) in [5, 5.41) is 15.1. The van der Waals surface area contributed by atoms with Crippen LogP contribution in [0, 0.1) is 5.82 Å². The molecule has 1 aliphatic heterocycles. The van der Waals surface area contributed by atoms with E-state index in [1.807, 2.05) is 29.1 Å². The number of hydrogen-bond acceptors (Lipinski definition) is 4. The summed E-state index contributed by atoms with van der Waals surface area (Å²) in [6, 6.07) is 13.8. The number of halogens is 1. The number of primary amides is 1. The van der Waals surface area contributed by atoms with Gasteiger partial charge in [0.05, 0.1) is 24.2 Å². The van der Waals surface area contributed by atoms with Crippen LogP contribution < -0.4 is 5.73 Å². The molecule has 6 nitrogen and oxygen atoms in total. The molecular weight excluding hydrogens is 445 g/mol. The minimum Gasteiger partial charge on any atom is -0.376 e. The molecule has 5 rings (SSSR count). The smallest absolute Gasteiger partial charge is 0.253 e. The molecule has 3 aromatic rings. The first-order chi connectivity index (χ1) is 16.8. The van der Waals surface area contributed by atoms with E-state index in [9.17, 15) is 14.3 Å². The lowest BCUT2D eigenvalue weighted by Crippen LogP contribution is -2.39. The van der Waals surface area contributed by atoms with Gasteiger partial charge < -0.3 is 15.6 Å². The molecule has 1 amide bonds. The quantitative estimate of drug-likeness (QED) is 0.358. The number of aryl methyl sites for hydroxylation is 1. The molecule has 2 unspecified atom stereocenters. The van der Waals surface area contributed by atoms with Crippen LogP contribution in [0.15, 0.2) is 60.3 Å². The predicted molar refractivity (Wildman–Crippen MR) is 131 cm³/mol. The summed E-state index contributed by atoms with van der Waals surface area (Å²) in [5.41, 5.74) is 9.37. The second-order valence-corrected chi connectivity index (χ2v) is 9.73. The van der Waals surface area contributed by atoms with E-state index in [2.05, 4.69) is 11.2 Å². The molecule has 0 saturated carbocycles. The van der Waals surface area contributed by atoms with Crippen LogP contribution in [0.25, 0.3) is 11.8 Å². The van der Waals surface area contributed by atoms with Crippen molar-refractivity contribution in [3.63, 3.8) is 0 Å². The molecule has 0 bridgehead atoms. The zero-order valence-electron chi connectivity index (χ0n) is 19.8. The number of aliphatic hydroxyl groups is 1. The molecular formula is C28H30FN3O3. The fourth-order valence-electron chi connectivity index (χ4n) is 5.02. The van der Waals surface area contributed by atoms with Crippen molar-refractivity contribution in [2.45, 2.75) is 56.7 Å². The number of ether oxygens (including phenoxy) is 1. The van der Waals surface area contributed by atoms with Gasteiger partial charge in [-0.1, -0.05) is 30.7 Å². The Kier molecular flexibility index (Phi) is 6.07. The number of epoxide rings is 1. The summed E-state index contributed by atoms with van der Waals surface area (Å²) in [6.07, 6.45) is 9.53. The third-order valence-electron chi connectivity index (χ3n) is 7.24. The minimum absolute atomic E-state index is 0.198.